The summed E-state index contributed by atoms with van der Waals surface area (Å²) in [6.45, 7) is 0. The molecule has 0 amide bonds. The highest BCUT2D eigenvalue weighted by molar-refractivity contribution is 9.11. The fourth-order valence-corrected chi connectivity index (χ4v) is 3.04. The fraction of sp³-hybridized carbons (Fsp3) is 0. The maximum atomic E-state index is 4.41. The first kappa shape index (κ1) is 10.00. The van der Waals surface area contributed by atoms with Gasteiger partial charge in [0.1, 0.15) is 5.01 Å². The van der Waals surface area contributed by atoms with Crippen molar-refractivity contribution < 1.29 is 0 Å². The third kappa shape index (κ3) is 1.66. The molecule has 0 N–H and O–H groups in total. The van der Waals surface area contributed by atoms with Gasteiger partial charge >= 0.3 is 0 Å². The molecule has 3 rings (SSSR count). The summed E-state index contributed by atoms with van der Waals surface area (Å²) in [5, 5.41) is 3.57. The summed E-state index contributed by atoms with van der Waals surface area (Å²) in [5.74, 6) is 0. The van der Waals surface area contributed by atoms with E-state index in [1.165, 1.54) is 16.3 Å². The number of hydrogen-bond donors (Lipinski definition) is 0. The van der Waals surface area contributed by atoms with Crippen LogP contribution >= 0.6 is 27.3 Å². The molecule has 0 bridgehead atoms. The minimum Gasteiger partial charge on any atom is -0.243 e. The number of hydrogen-bond acceptors (Lipinski definition) is 2. The Kier molecular flexibility index (Phi) is 2.50. The first-order valence-corrected chi connectivity index (χ1v) is 6.55. The average Bonchev–Trinajstić information content (AvgIpc) is 2.75. The Morgan fingerprint density at radius 3 is 2.62 bits per heavy atom. The first-order valence-electron chi connectivity index (χ1n) is 4.94. The molecule has 0 atom stereocenters. The summed E-state index contributed by atoms with van der Waals surface area (Å²) >= 11 is 5.11. The minimum absolute atomic E-state index is 1.06. The predicted molar refractivity (Wildman–Crippen MR) is 72.8 cm³/mol. The molecule has 0 aliphatic rings. The van der Waals surface area contributed by atoms with E-state index in [2.05, 4.69) is 63.4 Å². The van der Waals surface area contributed by atoms with Gasteiger partial charge in [-0.05, 0) is 26.7 Å². The highest BCUT2D eigenvalue weighted by Gasteiger charge is 2.06. The lowest BCUT2D eigenvalue weighted by Gasteiger charge is -2.02. The third-order valence-electron chi connectivity index (χ3n) is 2.50. The summed E-state index contributed by atoms with van der Waals surface area (Å²) in [6, 6.07) is 14.7. The van der Waals surface area contributed by atoms with Gasteiger partial charge in [-0.1, -0.05) is 42.5 Å². The number of rotatable bonds is 1. The summed E-state index contributed by atoms with van der Waals surface area (Å²) in [4.78, 5) is 4.41. The van der Waals surface area contributed by atoms with E-state index in [0.717, 1.165) is 8.79 Å². The fourth-order valence-electron chi connectivity index (χ4n) is 1.79. The molecule has 0 aliphatic carbocycles. The van der Waals surface area contributed by atoms with Crippen molar-refractivity contribution in [3.63, 3.8) is 0 Å². The molecule has 3 aromatic rings. The number of thiazole rings is 1. The molecule has 1 aromatic heterocycles. The monoisotopic (exact) mass is 289 g/mol. The molecule has 0 saturated heterocycles. The normalized spacial score (nSPS) is 10.8. The van der Waals surface area contributed by atoms with Crippen molar-refractivity contribution in [3.8, 4) is 10.6 Å². The quantitative estimate of drug-likeness (QED) is 0.631. The van der Waals surface area contributed by atoms with Gasteiger partial charge in [-0.3, -0.25) is 0 Å². The smallest absolute Gasteiger partial charge is 0.124 e. The van der Waals surface area contributed by atoms with E-state index in [1.807, 2.05) is 6.20 Å². The molecule has 1 heterocycles. The Morgan fingerprint density at radius 1 is 1.00 bits per heavy atom. The molecule has 0 saturated carbocycles. The van der Waals surface area contributed by atoms with Crippen LogP contribution in [0.2, 0.25) is 0 Å². The molecule has 2 aromatic carbocycles. The summed E-state index contributed by atoms with van der Waals surface area (Å²) in [5.41, 5.74) is 1.20. The Morgan fingerprint density at radius 2 is 1.81 bits per heavy atom. The van der Waals surface area contributed by atoms with Crippen LogP contribution in [0.15, 0.2) is 52.4 Å². The zero-order valence-electron chi connectivity index (χ0n) is 8.35. The second-order valence-electron chi connectivity index (χ2n) is 3.50. The van der Waals surface area contributed by atoms with E-state index < -0.39 is 0 Å². The van der Waals surface area contributed by atoms with Gasteiger partial charge < -0.3 is 0 Å². The topological polar surface area (TPSA) is 12.9 Å². The molecule has 0 radical (unpaired) electrons. The van der Waals surface area contributed by atoms with Gasteiger partial charge in [0.25, 0.3) is 0 Å². The van der Waals surface area contributed by atoms with Crippen molar-refractivity contribution in [1.82, 2.24) is 4.98 Å². The van der Waals surface area contributed by atoms with Crippen molar-refractivity contribution in [2.24, 2.45) is 0 Å². The van der Waals surface area contributed by atoms with Gasteiger partial charge in [-0.15, -0.1) is 11.3 Å². The van der Waals surface area contributed by atoms with E-state index in [4.69, 9.17) is 0 Å². The van der Waals surface area contributed by atoms with Crippen LogP contribution in [0, 0.1) is 0 Å². The van der Waals surface area contributed by atoms with Gasteiger partial charge in [0.05, 0.1) is 9.98 Å². The van der Waals surface area contributed by atoms with Crippen LogP contribution in [-0.2, 0) is 0 Å². The second kappa shape index (κ2) is 4.00. The zero-order valence-corrected chi connectivity index (χ0v) is 10.8. The molecule has 16 heavy (non-hydrogen) atoms. The summed E-state index contributed by atoms with van der Waals surface area (Å²) in [7, 11) is 0. The second-order valence-corrected chi connectivity index (χ2v) is 5.91. The maximum absolute atomic E-state index is 4.41. The van der Waals surface area contributed by atoms with Crippen molar-refractivity contribution in [1.29, 1.82) is 0 Å². The lowest BCUT2D eigenvalue weighted by atomic mass is 10.1. The average molecular weight is 290 g/mol. The Labute approximate surface area is 106 Å². The number of fused-ring (bicyclic) bond motifs is 1. The van der Waals surface area contributed by atoms with Gasteiger partial charge in [-0.25, -0.2) is 4.98 Å². The van der Waals surface area contributed by atoms with Crippen LogP contribution in [0.1, 0.15) is 0 Å². The molecule has 0 aliphatic heterocycles. The Hall–Kier alpha value is -1.19. The van der Waals surface area contributed by atoms with Crippen LogP contribution in [-0.4, -0.2) is 4.98 Å². The van der Waals surface area contributed by atoms with Gasteiger partial charge in [-0.2, -0.15) is 0 Å². The van der Waals surface area contributed by atoms with E-state index in [-0.39, 0.29) is 0 Å². The predicted octanol–water partition coefficient (Wildman–Crippen LogP) is 4.73. The molecule has 0 fully saturated rings. The van der Waals surface area contributed by atoms with E-state index in [9.17, 15) is 0 Å². The van der Waals surface area contributed by atoms with E-state index in [0.29, 0.717) is 0 Å². The van der Waals surface area contributed by atoms with Crippen molar-refractivity contribution in [3.05, 3.63) is 52.4 Å². The minimum atomic E-state index is 1.06. The lowest BCUT2D eigenvalue weighted by molar-refractivity contribution is 1.41. The molecule has 0 spiro atoms. The van der Waals surface area contributed by atoms with Crippen LogP contribution < -0.4 is 0 Å². The van der Waals surface area contributed by atoms with Crippen molar-refractivity contribution in [2.75, 3.05) is 0 Å². The van der Waals surface area contributed by atoms with Gasteiger partial charge in [0.15, 0.2) is 0 Å². The molecule has 1 nitrogen and oxygen atoms in total. The molecule has 78 valence electrons. The third-order valence-corrected chi connectivity index (χ3v) is 4.01. The number of nitrogens with zero attached hydrogens (tertiary/aromatic N) is 1. The van der Waals surface area contributed by atoms with Crippen molar-refractivity contribution >= 4 is 38.0 Å². The van der Waals surface area contributed by atoms with Gasteiger partial charge in [0, 0.05) is 5.56 Å². The molecule has 3 heteroatoms. The number of aromatic nitrogens is 1. The SMILES string of the molecule is Brc1cnc(-c2cccc3ccccc23)s1. The van der Waals surface area contributed by atoms with Gasteiger partial charge in [0.2, 0.25) is 0 Å². The van der Waals surface area contributed by atoms with Crippen LogP contribution in [0.25, 0.3) is 21.3 Å². The maximum Gasteiger partial charge on any atom is 0.124 e. The summed E-state index contributed by atoms with van der Waals surface area (Å²) in [6.07, 6.45) is 1.85. The first-order chi connectivity index (χ1) is 7.84. The standard InChI is InChI=1S/C13H8BrNS/c14-12-8-15-13(16-12)11-7-3-5-9-4-1-2-6-10(9)11/h1-8H. The lowest BCUT2D eigenvalue weighted by Crippen LogP contribution is -1.78. The number of halogens is 1. The number of benzene rings is 2. The van der Waals surface area contributed by atoms with Crippen LogP contribution in [0.5, 0.6) is 0 Å². The molecule has 0 unspecified atom stereocenters. The highest BCUT2D eigenvalue weighted by Crippen LogP contribution is 2.33. The molecular weight excluding hydrogens is 282 g/mol. The van der Waals surface area contributed by atoms with Crippen LogP contribution in [0.4, 0.5) is 0 Å². The zero-order chi connectivity index (χ0) is 11.0. The largest absolute Gasteiger partial charge is 0.243 e. The van der Waals surface area contributed by atoms with E-state index >= 15 is 0 Å². The van der Waals surface area contributed by atoms with Crippen molar-refractivity contribution in [2.45, 2.75) is 0 Å². The van der Waals surface area contributed by atoms with Crippen LogP contribution in [0.3, 0.4) is 0 Å². The molecular formula is C13H8BrNS. The van der Waals surface area contributed by atoms with E-state index in [1.54, 1.807) is 11.3 Å². The Bertz CT molecular complexity index is 640. The Balaban J connectivity index is 2.31. The summed E-state index contributed by atoms with van der Waals surface area (Å²) < 4.78 is 1.07. The highest BCUT2D eigenvalue weighted by atomic mass is 79.9.